The highest BCUT2D eigenvalue weighted by molar-refractivity contribution is 7.91. The Morgan fingerprint density at radius 1 is 1.04 bits per heavy atom. The molecule has 0 spiro atoms. The van der Waals surface area contributed by atoms with E-state index in [9.17, 15) is 12.8 Å². The maximum atomic E-state index is 13.1. The number of furan rings is 1. The van der Waals surface area contributed by atoms with Gasteiger partial charge in [0, 0.05) is 11.6 Å². The molecule has 0 fully saturated rings. The van der Waals surface area contributed by atoms with Crippen LogP contribution >= 0.6 is 0 Å². The van der Waals surface area contributed by atoms with Crippen molar-refractivity contribution in [2.75, 3.05) is 0 Å². The van der Waals surface area contributed by atoms with E-state index in [1.807, 2.05) is 6.92 Å². The van der Waals surface area contributed by atoms with E-state index in [1.54, 1.807) is 24.3 Å². The predicted molar refractivity (Wildman–Crippen MR) is 90.8 cm³/mol. The van der Waals surface area contributed by atoms with Gasteiger partial charge in [0.2, 0.25) is 9.84 Å². The van der Waals surface area contributed by atoms with Crippen molar-refractivity contribution in [3.05, 3.63) is 78.3 Å². The van der Waals surface area contributed by atoms with Crippen LogP contribution in [-0.4, -0.2) is 8.42 Å². The summed E-state index contributed by atoms with van der Waals surface area (Å²) < 4.78 is 44.7. The first-order valence-corrected chi connectivity index (χ1v) is 8.74. The summed E-state index contributed by atoms with van der Waals surface area (Å²) in [5, 5.41) is 0. The molecule has 3 rings (SSSR count). The number of rotatable bonds is 4. The monoisotopic (exact) mass is 342 g/mol. The highest BCUT2D eigenvalue weighted by atomic mass is 32.2. The molecule has 0 saturated carbocycles. The van der Waals surface area contributed by atoms with Gasteiger partial charge < -0.3 is 4.42 Å². The summed E-state index contributed by atoms with van der Waals surface area (Å²) in [7, 11) is -3.77. The summed E-state index contributed by atoms with van der Waals surface area (Å²) in [6.07, 6.45) is 1.43. The summed E-state index contributed by atoms with van der Waals surface area (Å²) in [4.78, 5) is 0.209. The minimum absolute atomic E-state index is 0.0351. The molecule has 1 aromatic heterocycles. The van der Waals surface area contributed by atoms with Crippen LogP contribution in [0.3, 0.4) is 0 Å². The first-order chi connectivity index (χ1) is 11.4. The number of sulfone groups is 1. The van der Waals surface area contributed by atoms with Crippen LogP contribution in [0, 0.1) is 12.7 Å². The molecule has 0 atom stereocenters. The lowest BCUT2D eigenvalue weighted by molar-refractivity contribution is 0.562. The van der Waals surface area contributed by atoms with Crippen molar-refractivity contribution in [2.45, 2.75) is 16.7 Å². The Labute approximate surface area is 140 Å². The van der Waals surface area contributed by atoms with Gasteiger partial charge in [-0.05, 0) is 49.4 Å². The average Bonchev–Trinajstić information content (AvgIpc) is 3.01. The maximum absolute atomic E-state index is 13.1. The minimum atomic E-state index is -3.77. The quantitative estimate of drug-likeness (QED) is 0.679. The minimum Gasteiger partial charge on any atom is -0.455 e. The topological polar surface area (TPSA) is 47.3 Å². The highest BCUT2D eigenvalue weighted by Gasteiger charge is 2.26. The van der Waals surface area contributed by atoms with Gasteiger partial charge in [-0.25, -0.2) is 12.8 Å². The van der Waals surface area contributed by atoms with E-state index in [0.29, 0.717) is 11.3 Å². The van der Waals surface area contributed by atoms with E-state index in [4.69, 9.17) is 4.42 Å². The molecule has 1 heterocycles. The van der Waals surface area contributed by atoms with E-state index in [-0.39, 0.29) is 15.6 Å². The third-order valence-electron chi connectivity index (χ3n) is 3.65. The van der Waals surface area contributed by atoms with E-state index < -0.39 is 15.7 Å². The van der Waals surface area contributed by atoms with Gasteiger partial charge in [-0.15, -0.1) is 0 Å². The Kier molecular flexibility index (Phi) is 4.11. The van der Waals surface area contributed by atoms with Crippen molar-refractivity contribution >= 4 is 15.9 Å². The van der Waals surface area contributed by atoms with E-state index in [2.05, 4.69) is 6.58 Å². The van der Waals surface area contributed by atoms with Crippen molar-refractivity contribution in [1.29, 1.82) is 0 Å². The Bertz CT molecular complexity index is 982. The van der Waals surface area contributed by atoms with Gasteiger partial charge in [0.15, 0.2) is 5.76 Å². The Morgan fingerprint density at radius 2 is 1.67 bits per heavy atom. The molecule has 0 radical (unpaired) electrons. The number of aryl methyl sites for hydroxylation is 1. The standard InChI is InChI=1S/C19H15FO3S/c1-3-16-12-18(19(23-16)14-6-8-15(20)9-7-14)24(21,22)17-10-4-13(2)5-11-17/h3-12H,1H2,2H3. The van der Waals surface area contributed by atoms with Gasteiger partial charge >= 0.3 is 0 Å². The molecule has 0 aliphatic carbocycles. The van der Waals surface area contributed by atoms with Crippen LogP contribution in [0.5, 0.6) is 0 Å². The lowest BCUT2D eigenvalue weighted by Gasteiger charge is -2.06. The van der Waals surface area contributed by atoms with Crippen molar-refractivity contribution in [3.63, 3.8) is 0 Å². The summed E-state index contributed by atoms with van der Waals surface area (Å²) in [5.74, 6) is 0.0997. The fraction of sp³-hybridized carbons (Fsp3) is 0.0526. The second-order valence-corrected chi connectivity index (χ2v) is 7.29. The van der Waals surface area contributed by atoms with Gasteiger partial charge in [-0.3, -0.25) is 0 Å². The lowest BCUT2D eigenvalue weighted by atomic mass is 10.2. The normalized spacial score (nSPS) is 11.4. The van der Waals surface area contributed by atoms with Crippen LogP contribution in [-0.2, 0) is 9.84 Å². The fourth-order valence-electron chi connectivity index (χ4n) is 2.34. The Balaban J connectivity index is 2.20. The molecular weight excluding hydrogens is 327 g/mol. The molecule has 122 valence electrons. The van der Waals surface area contributed by atoms with E-state index in [1.165, 1.54) is 36.4 Å². The first kappa shape index (κ1) is 16.2. The molecule has 0 N–H and O–H groups in total. The largest absolute Gasteiger partial charge is 0.455 e. The van der Waals surface area contributed by atoms with Crippen molar-refractivity contribution in [1.82, 2.24) is 0 Å². The molecule has 0 aliphatic rings. The molecule has 0 amide bonds. The molecule has 0 bridgehead atoms. The van der Waals surface area contributed by atoms with Gasteiger partial charge in [0.1, 0.15) is 16.5 Å². The molecule has 3 nitrogen and oxygen atoms in total. The van der Waals surface area contributed by atoms with Crippen LogP contribution in [0.4, 0.5) is 4.39 Å². The van der Waals surface area contributed by atoms with Crippen LogP contribution in [0.1, 0.15) is 11.3 Å². The van der Waals surface area contributed by atoms with Crippen LogP contribution in [0.15, 0.2) is 75.4 Å². The van der Waals surface area contributed by atoms with Gasteiger partial charge in [0.05, 0.1) is 4.90 Å². The predicted octanol–water partition coefficient (Wildman–Crippen LogP) is 4.87. The number of hydrogen-bond acceptors (Lipinski definition) is 3. The van der Waals surface area contributed by atoms with Gasteiger partial charge in [-0.1, -0.05) is 24.3 Å². The van der Waals surface area contributed by atoms with Crippen LogP contribution in [0.2, 0.25) is 0 Å². The average molecular weight is 342 g/mol. The molecule has 2 aromatic carbocycles. The highest BCUT2D eigenvalue weighted by Crippen LogP contribution is 2.35. The Hall–Kier alpha value is -2.66. The summed E-state index contributed by atoms with van der Waals surface area (Å²) >= 11 is 0. The third kappa shape index (κ3) is 2.90. The number of benzene rings is 2. The zero-order valence-corrected chi connectivity index (χ0v) is 13.8. The molecule has 0 aliphatic heterocycles. The molecule has 0 unspecified atom stereocenters. The Morgan fingerprint density at radius 3 is 2.25 bits per heavy atom. The molecular formula is C19H15FO3S. The van der Waals surface area contributed by atoms with E-state index in [0.717, 1.165) is 5.56 Å². The van der Waals surface area contributed by atoms with E-state index >= 15 is 0 Å². The molecule has 0 saturated heterocycles. The smallest absolute Gasteiger partial charge is 0.210 e. The van der Waals surface area contributed by atoms with Gasteiger partial charge in [-0.2, -0.15) is 0 Å². The second-order valence-electron chi connectivity index (χ2n) is 5.37. The SMILES string of the molecule is C=Cc1cc(S(=O)(=O)c2ccc(C)cc2)c(-c2ccc(F)cc2)o1. The van der Waals surface area contributed by atoms with Crippen molar-refractivity contribution in [2.24, 2.45) is 0 Å². The summed E-state index contributed by atoms with van der Waals surface area (Å²) in [5.41, 5.74) is 1.45. The van der Waals surface area contributed by atoms with Crippen molar-refractivity contribution < 1.29 is 17.2 Å². The third-order valence-corrected chi connectivity index (χ3v) is 5.42. The second kappa shape index (κ2) is 6.09. The molecule has 3 aromatic rings. The molecule has 5 heteroatoms. The van der Waals surface area contributed by atoms with Crippen LogP contribution in [0.25, 0.3) is 17.4 Å². The first-order valence-electron chi connectivity index (χ1n) is 7.26. The zero-order chi connectivity index (χ0) is 17.3. The number of hydrogen-bond donors (Lipinski definition) is 0. The maximum Gasteiger partial charge on any atom is 0.210 e. The lowest BCUT2D eigenvalue weighted by Crippen LogP contribution is -2.02. The van der Waals surface area contributed by atoms with Crippen molar-refractivity contribution in [3.8, 4) is 11.3 Å². The summed E-state index contributed by atoms with van der Waals surface area (Å²) in [6.45, 7) is 5.49. The summed E-state index contributed by atoms with van der Waals surface area (Å²) in [6, 6.07) is 13.5. The number of halogens is 1. The zero-order valence-electron chi connectivity index (χ0n) is 13.0. The fourth-order valence-corrected chi connectivity index (χ4v) is 3.76. The molecule has 24 heavy (non-hydrogen) atoms. The van der Waals surface area contributed by atoms with Crippen LogP contribution < -0.4 is 0 Å². The van der Waals surface area contributed by atoms with Gasteiger partial charge in [0.25, 0.3) is 0 Å².